The average molecular weight is 391 g/mol. The number of carbonyl (C=O) groups excluding carboxylic acids is 1. The molecule has 1 N–H and O–H groups in total. The lowest BCUT2D eigenvalue weighted by molar-refractivity contribution is 0.0950. The number of amides is 1. The summed E-state index contributed by atoms with van der Waals surface area (Å²) in [7, 11) is 0. The van der Waals surface area contributed by atoms with E-state index in [-0.39, 0.29) is 11.8 Å². The van der Waals surface area contributed by atoms with Gasteiger partial charge in [-0.1, -0.05) is 23.4 Å². The summed E-state index contributed by atoms with van der Waals surface area (Å²) in [5.41, 5.74) is 4.75. The average Bonchev–Trinajstić information content (AvgIpc) is 3.39. The minimum Gasteiger partial charge on any atom is -0.346 e. The lowest BCUT2D eigenvalue weighted by atomic mass is 10.1. The lowest BCUT2D eigenvalue weighted by Crippen LogP contribution is -2.22. The van der Waals surface area contributed by atoms with E-state index in [0.29, 0.717) is 23.1 Å². The van der Waals surface area contributed by atoms with Crippen LogP contribution in [0.2, 0.25) is 0 Å². The van der Waals surface area contributed by atoms with Crippen molar-refractivity contribution in [2.75, 3.05) is 0 Å². The number of aromatic nitrogens is 4. The van der Waals surface area contributed by atoms with Crippen LogP contribution >= 0.6 is 11.3 Å². The van der Waals surface area contributed by atoms with Gasteiger partial charge in [0.25, 0.3) is 11.8 Å². The Morgan fingerprint density at radius 2 is 1.93 bits per heavy atom. The minimum atomic E-state index is -0.233. The number of hydrogen-bond donors (Lipinski definition) is 1. The van der Waals surface area contributed by atoms with Crippen molar-refractivity contribution in [1.29, 1.82) is 0 Å². The minimum absolute atomic E-state index is 0.233. The Balaban J connectivity index is 1.44. The first kappa shape index (κ1) is 18.0. The van der Waals surface area contributed by atoms with Crippen molar-refractivity contribution < 1.29 is 9.32 Å². The maximum absolute atomic E-state index is 12.4. The topological polar surface area (TPSA) is 93.8 Å². The number of carbonyl (C=O) groups is 1. The van der Waals surface area contributed by atoms with Crippen molar-refractivity contribution in [2.24, 2.45) is 0 Å². The second-order valence-corrected chi connectivity index (χ2v) is 7.16. The van der Waals surface area contributed by atoms with E-state index in [9.17, 15) is 4.79 Å². The van der Waals surface area contributed by atoms with E-state index in [2.05, 4.69) is 45.3 Å². The Kier molecular flexibility index (Phi) is 4.94. The molecule has 0 unspecified atom stereocenters. The molecule has 0 saturated heterocycles. The summed E-state index contributed by atoms with van der Waals surface area (Å²) in [5.74, 6) is 0.491. The number of pyridine rings is 1. The highest BCUT2D eigenvalue weighted by atomic mass is 32.1. The Labute approximate surface area is 165 Å². The predicted octanol–water partition coefficient (Wildman–Crippen LogP) is 3.80. The molecule has 4 rings (SSSR count). The van der Waals surface area contributed by atoms with Crippen molar-refractivity contribution in [3.05, 3.63) is 69.8 Å². The van der Waals surface area contributed by atoms with Gasteiger partial charge < -0.3 is 9.84 Å². The van der Waals surface area contributed by atoms with E-state index < -0.39 is 0 Å². The van der Waals surface area contributed by atoms with Crippen LogP contribution in [0, 0.1) is 13.8 Å². The molecular formula is C20H17N5O2S. The Morgan fingerprint density at radius 1 is 1.11 bits per heavy atom. The number of nitrogens with zero attached hydrogens (tertiary/aromatic N) is 4. The van der Waals surface area contributed by atoms with Crippen LogP contribution in [-0.2, 0) is 6.54 Å². The first-order valence-electron chi connectivity index (χ1n) is 8.64. The number of aryl methyl sites for hydroxylation is 2. The number of hydrogen-bond acceptors (Lipinski definition) is 7. The zero-order valence-corrected chi connectivity index (χ0v) is 16.2. The molecular weight excluding hydrogens is 374 g/mol. The summed E-state index contributed by atoms with van der Waals surface area (Å²) in [5, 5.41) is 8.93. The molecule has 3 aromatic heterocycles. The highest BCUT2D eigenvalue weighted by Crippen LogP contribution is 2.23. The SMILES string of the molecule is Cc1ccc(CNC(=O)c2nc(-c3nc(-c4ccncc4)no3)cs2)cc1C. The summed E-state index contributed by atoms with van der Waals surface area (Å²) < 4.78 is 5.28. The lowest BCUT2D eigenvalue weighted by Gasteiger charge is -2.06. The van der Waals surface area contributed by atoms with Crippen molar-refractivity contribution in [3.63, 3.8) is 0 Å². The molecule has 7 nitrogen and oxygen atoms in total. The molecule has 0 atom stereocenters. The van der Waals surface area contributed by atoms with Crippen molar-refractivity contribution in [3.8, 4) is 23.0 Å². The molecule has 0 fully saturated rings. The van der Waals surface area contributed by atoms with Gasteiger partial charge in [-0.2, -0.15) is 4.98 Å². The molecule has 0 aliphatic rings. The second-order valence-electron chi connectivity index (χ2n) is 6.30. The molecule has 140 valence electrons. The number of benzene rings is 1. The van der Waals surface area contributed by atoms with Crippen LogP contribution in [0.3, 0.4) is 0 Å². The molecule has 1 amide bonds. The normalized spacial score (nSPS) is 10.8. The Bertz CT molecular complexity index is 1120. The molecule has 0 bridgehead atoms. The predicted molar refractivity (Wildman–Crippen MR) is 106 cm³/mol. The summed E-state index contributed by atoms with van der Waals surface area (Å²) in [6.45, 7) is 4.56. The van der Waals surface area contributed by atoms with E-state index in [0.717, 1.165) is 11.1 Å². The molecule has 4 aromatic rings. The van der Waals surface area contributed by atoms with Gasteiger partial charge in [0.2, 0.25) is 5.82 Å². The van der Waals surface area contributed by atoms with Crippen LogP contribution in [0.25, 0.3) is 23.0 Å². The van der Waals surface area contributed by atoms with Gasteiger partial charge in [0.15, 0.2) is 5.01 Å². The van der Waals surface area contributed by atoms with E-state index in [1.165, 1.54) is 22.5 Å². The van der Waals surface area contributed by atoms with E-state index in [4.69, 9.17) is 4.52 Å². The van der Waals surface area contributed by atoms with Crippen LogP contribution in [0.5, 0.6) is 0 Å². The van der Waals surface area contributed by atoms with Crippen molar-refractivity contribution >= 4 is 17.2 Å². The molecule has 3 heterocycles. The molecule has 0 saturated carbocycles. The van der Waals surface area contributed by atoms with Crippen LogP contribution in [0.15, 0.2) is 52.6 Å². The smallest absolute Gasteiger partial charge is 0.280 e. The first-order chi connectivity index (χ1) is 13.6. The fraction of sp³-hybridized carbons (Fsp3) is 0.150. The highest BCUT2D eigenvalue weighted by molar-refractivity contribution is 7.12. The third-order valence-corrected chi connectivity index (χ3v) is 5.15. The largest absolute Gasteiger partial charge is 0.346 e. The fourth-order valence-electron chi connectivity index (χ4n) is 2.59. The zero-order valence-electron chi connectivity index (χ0n) is 15.3. The third kappa shape index (κ3) is 3.81. The van der Waals surface area contributed by atoms with Gasteiger partial charge in [-0.3, -0.25) is 9.78 Å². The van der Waals surface area contributed by atoms with Crippen LogP contribution in [0.1, 0.15) is 26.5 Å². The third-order valence-electron chi connectivity index (χ3n) is 4.31. The van der Waals surface area contributed by atoms with Crippen LogP contribution < -0.4 is 5.32 Å². The zero-order chi connectivity index (χ0) is 19.5. The maximum atomic E-state index is 12.4. The molecule has 0 radical (unpaired) electrons. The highest BCUT2D eigenvalue weighted by Gasteiger charge is 2.17. The standard InChI is InChI=1S/C20H17N5O2S/c1-12-3-4-14(9-13(12)2)10-22-18(26)20-23-16(11-28-20)19-24-17(25-27-19)15-5-7-21-8-6-15/h3-9,11H,10H2,1-2H3,(H,22,26). The van der Waals surface area contributed by atoms with E-state index >= 15 is 0 Å². The van der Waals surface area contributed by atoms with Gasteiger partial charge >= 0.3 is 0 Å². The summed E-state index contributed by atoms with van der Waals surface area (Å²) in [6, 6.07) is 9.72. The van der Waals surface area contributed by atoms with E-state index in [1.54, 1.807) is 29.9 Å². The Morgan fingerprint density at radius 3 is 2.71 bits per heavy atom. The van der Waals surface area contributed by atoms with Gasteiger partial charge in [-0.05, 0) is 42.7 Å². The number of thiazole rings is 1. The van der Waals surface area contributed by atoms with E-state index in [1.807, 2.05) is 12.1 Å². The quantitative estimate of drug-likeness (QED) is 0.556. The summed E-state index contributed by atoms with van der Waals surface area (Å²) in [6.07, 6.45) is 3.32. The van der Waals surface area contributed by atoms with Crippen LogP contribution in [-0.4, -0.2) is 26.0 Å². The van der Waals surface area contributed by atoms with Gasteiger partial charge in [-0.15, -0.1) is 11.3 Å². The van der Waals surface area contributed by atoms with Crippen molar-refractivity contribution in [1.82, 2.24) is 25.4 Å². The molecule has 8 heteroatoms. The first-order valence-corrected chi connectivity index (χ1v) is 9.52. The van der Waals surface area contributed by atoms with Gasteiger partial charge in [0.1, 0.15) is 5.69 Å². The molecule has 0 aliphatic carbocycles. The summed E-state index contributed by atoms with van der Waals surface area (Å²) in [4.78, 5) is 25.0. The van der Waals surface area contributed by atoms with Gasteiger partial charge in [-0.25, -0.2) is 4.98 Å². The molecule has 1 aromatic carbocycles. The number of nitrogens with one attached hydrogen (secondary N) is 1. The van der Waals surface area contributed by atoms with Crippen molar-refractivity contribution in [2.45, 2.75) is 20.4 Å². The summed E-state index contributed by atoms with van der Waals surface area (Å²) >= 11 is 1.24. The number of rotatable bonds is 5. The molecule has 0 spiro atoms. The fourth-order valence-corrected chi connectivity index (χ4v) is 3.30. The monoisotopic (exact) mass is 391 g/mol. The molecule has 0 aliphatic heterocycles. The van der Waals surface area contributed by atoms with Crippen LogP contribution in [0.4, 0.5) is 0 Å². The maximum Gasteiger partial charge on any atom is 0.280 e. The molecule has 28 heavy (non-hydrogen) atoms. The van der Waals surface area contributed by atoms with Gasteiger partial charge in [0.05, 0.1) is 0 Å². The van der Waals surface area contributed by atoms with Gasteiger partial charge in [0, 0.05) is 29.9 Å². The Hall–Kier alpha value is -3.39. The second kappa shape index (κ2) is 7.69.